The molecule has 2 atom stereocenters. The first-order valence-electron chi connectivity index (χ1n) is 5.26. The van der Waals surface area contributed by atoms with Gasteiger partial charge in [-0.15, -0.1) is 23.1 Å². The van der Waals surface area contributed by atoms with Crippen molar-refractivity contribution in [1.29, 1.82) is 0 Å². The minimum absolute atomic E-state index is 0.192. The molecule has 0 bridgehead atoms. The number of nitrogens with two attached hydrogens (primary N) is 1. The van der Waals surface area contributed by atoms with Crippen molar-refractivity contribution in [1.82, 2.24) is 4.90 Å². The zero-order chi connectivity index (χ0) is 12.1. The van der Waals surface area contributed by atoms with Gasteiger partial charge in [-0.1, -0.05) is 0 Å². The molecule has 0 radical (unpaired) electrons. The van der Waals surface area contributed by atoms with Crippen LogP contribution in [-0.2, 0) is 0 Å². The molecule has 1 aromatic rings. The largest absolute Gasteiger partial charge is 0.327 e. The topological polar surface area (TPSA) is 29.3 Å². The van der Waals surface area contributed by atoms with Crippen LogP contribution in [-0.4, -0.2) is 37.3 Å². The van der Waals surface area contributed by atoms with Crippen LogP contribution in [0.25, 0.3) is 0 Å². The van der Waals surface area contributed by atoms with Crippen molar-refractivity contribution in [2.45, 2.75) is 18.2 Å². The molecule has 0 aromatic carbocycles. The van der Waals surface area contributed by atoms with Gasteiger partial charge in [-0.2, -0.15) is 0 Å². The molecule has 0 aliphatic heterocycles. The Morgan fingerprint density at radius 3 is 2.69 bits per heavy atom. The van der Waals surface area contributed by atoms with Crippen molar-refractivity contribution in [2.24, 2.45) is 5.73 Å². The van der Waals surface area contributed by atoms with Gasteiger partial charge in [0.25, 0.3) is 0 Å². The molecular formula is C11H19BrN2S2. The quantitative estimate of drug-likeness (QED) is 0.872. The third kappa shape index (κ3) is 4.75. The smallest absolute Gasteiger partial charge is 0.0540 e. The lowest BCUT2D eigenvalue weighted by molar-refractivity contribution is 0.437. The van der Waals surface area contributed by atoms with Crippen molar-refractivity contribution >= 4 is 39.0 Å². The van der Waals surface area contributed by atoms with Gasteiger partial charge in [0.1, 0.15) is 0 Å². The molecule has 0 fully saturated rings. The van der Waals surface area contributed by atoms with Crippen molar-refractivity contribution in [2.75, 3.05) is 26.4 Å². The van der Waals surface area contributed by atoms with E-state index in [4.69, 9.17) is 5.73 Å². The fourth-order valence-electron chi connectivity index (χ4n) is 1.33. The maximum Gasteiger partial charge on any atom is 0.0540 e. The van der Waals surface area contributed by atoms with Crippen LogP contribution < -0.4 is 5.73 Å². The second kappa shape index (κ2) is 7.01. The van der Waals surface area contributed by atoms with Gasteiger partial charge in [0.2, 0.25) is 0 Å². The first-order valence-corrected chi connectivity index (χ1v) is 7.98. The van der Waals surface area contributed by atoms with Crippen molar-refractivity contribution < 1.29 is 0 Å². The Hall–Kier alpha value is 0.450. The van der Waals surface area contributed by atoms with E-state index in [1.165, 1.54) is 4.88 Å². The van der Waals surface area contributed by atoms with Crippen molar-refractivity contribution in [3.05, 3.63) is 20.8 Å². The highest BCUT2D eigenvalue weighted by atomic mass is 79.9. The van der Waals surface area contributed by atoms with Gasteiger partial charge in [0, 0.05) is 33.1 Å². The first-order chi connectivity index (χ1) is 7.50. The van der Waals surface area contributed by atoms with Crippen molar-refractivity contribution in [3.8, 4) is 0 Å². The number of thiophene rings is 1. The summed E-state index contributed by atoms with van der Waals surface area (Å²) in [5.41, 5.74) is 6.05. The van der Waals surface area contributed by atoms with E-state index in [0.717, 1.165) is 16.8 Å². The monoisotopic (exact) mass is 322 g/mol. The standard InChI is InChI=1S/C11H19BrN2S2/c1-8(13)11(15-5-4-14(2)3)10-6-9(12)7-16-10/h6-8,11H,4-5,13H2,1-3H3. The normalized spacial score (nSPS) is 15.4. The molecule has 16 heavy (non-hydrogen) atoms. The third-order valence-electron chi connectivity index (χ3n) is 2.18. The summed E-state index contributed by atoms with van der Waals surface area (Å²) in [5, 5.41) is 2.54. The Bertz CT molecular complexity index is 313. The zero-order valence-corrected chi connectivity index (χ0v) is 13.2. The van der Waals surface area contributed by atoms with E-state index >= 15 is 0 Å². The van der Waals surface area contributed by atoms with Crippen LogP contribution in [0.1, 0.15) is 17.1 Å². The molecule has 0 spiro atoms. The summed E-state index contributed by atoms with van der Waals surface area (Å²) < 4.78 is 1.16. The lowest BCUT2D eigenvalue weighted by Crippen LogP contribution is -2.23. The van der Waals surface area contributed by atoms with Gasteiger partial charge >= 0.3 is 0 Å². The molecule has 1 rings (SSSR count). The van der Waals surface area contributed by atoms with Crippen LogP contribution in [0.15, 0.2) is 15.9 Å². The van der Waals surface area contributed by atoms with Crippen LogP contribution in [0.5, 0.6) is 0 Å². The molecule has 92 valence electrons. The number of halogens is 1. The molecule has 1 heterocycles. The number of nitrogens with zero attached hydrogens (tertiary/aromatic N) is 1. The van der Waals surface area contributed by atoms with Gasteiger partial charge in [-0.05, 0) is 43.0 Å². The molecule has 0 saturated carbocycles. The summed E-state index contributed by atoms with van der Waals surface area (Å²) >= 11 is 7.22. The van der Waals surface area contributed by atoms with E-state index in [2.05, 4.69) is 53.3 Å². The average Bonchev–Trinajstić information content (AvgIpc) is 2.58. The number of hydrogen-bond acceptors (Lipinski definition) is 4. The first kappa shape index (κ1) is 14.5. The highest BCUT2D eigenvalue weighted by Gasteiger charge is 2.18. The fourth-order valence-corrected chi connectivity index (χ4v) is 4.50. The average molecular weight is 323 g/mol. The minimum Gasteiger partial charge on any atom is -0.327 e. The summed E-state index contributed by atoms with van der Waals surface area (Å²) in [6.45, 7) is 3.18. The summed E-state index contributed by atoms with van der Waals surface area (Å²) in [6, 6.07) is 2.37. The van der Waals surface area contributed by atoms with E-state index in [1.807, 2.05) is 11.8 Å². The molecule has 0 aliphatic carbocycles. The van der Waals surface area contributed by atoms with Gasteiger partial charge in [0.15, 0.2) is 0 Å². The van der Waals surface area contributed by atoms with E-state index in [0.29, 0.717) is 5.25 Å². The van der Waals surface area contributed by atoms with Crippen LogP contribution >= 0.6 is 39.0 Å². The third-order valence-corrected chi connectivity index (χ3v) is 5.57. The van der Waals surface area contributed by atoms with E-state index in [1.54, 1.807) is 11.3 Å². The van der Waals surface area contributed by atoms with Gasteiger partial charge < -0.3 is 10.6 Å². The molecule has 0 saturated heterocycles. The Labute approximate surface area is 115 Å². The van der Waals surface area contributed by atoms with Gasteiger partial charge in [0.05, 0.1) is 5.25 Å². The summed E-state index contributed by atoms with van der Waals surface area (Å²) in [7, 11) is 4.20. The fraction of sp³-hybridized carbons (Fsp3) is 0.636. The van der Waals surface area contributed by atoms with Gasteiger partial charge in [-0.3, -0.25) is 0 Å². The second-order valence-corrected chi connectivity index (χ2v) is 7.23. The Morgan fingerprint density at radius 1 is 1.56 bits per heavy atom. The Morgan fingerprint density at radius 2 is 2.25 bits per heavy atom. The summed E-state index contributed by atoms with van der Waals surface area (Å²) in [5.74, 6) is 1.12. The maximum atomic E-state index is 6.05. The predicted octanol–water partition coefficient (Wildman–Crippen LogP) is 3.19. The minimum atomic E-state index is 0.192. The molecular weight excluding hydrogens is 304 g/mol. The van der Waals surface area contributed by atoms with Crippen molar-refractivity contribution in [3.63, 3.8) is 0 Å². The second-order valence-electron chi connectivity index (χ2n) is 4.12. The zero-order valence-electron chi connectivity index (χ0n) is 9.94. The highest BCUT2D eigenvalue weighted by Crippen LogP contribution is 2.36. The van der Waals surface area contributed by atoms with E-state index in [9.17, 15) is 0 Å². The van der Waals surface area contributed by atoms with Crippen LogP contribution in [0.3, 0.4) is 0 Å². The predicted molar refractivity (Wildman–Crippen MR) is 79.4 cm³/mol. The lowest BCUT2D eigenvalue weighted by Gasteiger charge is -2.20. The highest BCUT2D eigenvalue weighted by molar-refractivity contribution is 9.10. The number of hydrogen-bond donors (Lipinski definition) is 1. The molecule has 1 aromatic heterocycles. The SMILES string of the molecule is CC(N)C(SCCN(C)C)c1cc(Br)cs1. The van der Waals surface area contributed by atoms with Crippen LogP contribution in [0.2, 0.25) is 0 Å². The molecule has 2 nitrogen and oxygen atoms in total. The molecule has 0 aliphatic rings. The molecule has 2 unspecified atom stereocenters. The Balaban J connectivity index is 2.55. The van der Waals surface area contributed by atoms with E-state index < -0.39 is 0 Å². The Kier molecular flexibility index (Phi) is 6.36. The maximum absolute atomic E-state index is 6.05. The van der Waals surface area contributed by atoms with Crippen LogP contribution in [0, 0.1) is 0 Å². The molecule has 0 amide bonds. The number of rotatable bonds is 6. The number of thioether (sulfide) groups is 1. The lowest BCUT2D eigenvalue weighted by atomic mass is 10.2. The van der Waals surface area contributed by atoms with Crippen LogP contribution in [0.4, 0.5) is 0 Å². The van der Waals surface area contributed by atoms with Gasteiger partial charge in [-0.25, -0.2) is 0 Å². The van der Waals surface area contributed by atoms with E-state index in [-0.39, 0.29) is 6.04 Å². The summed E-state index contributed by atoms with van der Waals surface area (Å²) in [4.78, 5) is 3.57. The summed E-state index contributed by atoms with van der Waals surface area (Å²) in [6.07, 6.45) is 0. The molecule has 5 heteroatoms. The molecule has 2 N–H and O–H groups in total.